The van der Waals surface area contributed by atoms with Crippen LogP contribution in [0.5, 0.6) is 5.75 Å². The van der Waals surface area contributed by atoms with E-state index in [1.54, 1.807) is 0 Å². The fraction of sp³-hybridized carbons (Fsp3) is 0.167. The van der Waals surface area contributed by atoms with E-state index in [0.29, 0.717) is 0 Å². The molecule has 1 rings (SSSR count). The van der Waals surface area contributed by atoms with Crippen molar-refractivity contribution in [2.24, 2.45) is 5.73 Å². The van der Waals surface area contributed by atoms with Crippen LogP contribution in [0.25, 0.3) is 0 Å². The topological polar surface area (TPSA) is 163 Å². The maximum Gasteiger partial charge on any atom is 0.436 e. The number of hydrogen-bond acceptors (Lipinski definition) is 6. The van der Waals surface area contributed by atoms with Crippen LogP contribution in [0.15, 0.2) is 24.5 Å². The minimum Gasteiger partial charge on any atom is -0.421 e. The second kappa shape index (κ2) is 4.47. The molecule has 1 aromatic heterocycles. The first-order chi connectivity index (χ1) is 7.58. The third kappa shape index (κ3) is 2.91. The molecule has 2 atom stereocenters. The Labute approximate surface area is 95.6 Å². The van der Waals surface area contributed by atoms with Gasteiger partial charge in [-0.15, -0.1) is 0 Å². The minimum absolute atomic E-state index is 0.219. The summed E-state index contributed by atoms with van der Waals surface area (Å²) in [6.07, 6.45) is 2.42. The van der Waals surface area contributed by atoms with Crippen molar-refractivity contribution in [2.45, 2.75) is 5.21 Å². The molecule has 0 spiro atoms. The SMILES string of the molecule is NC(O)(P(=O)(O)O)P(=O)(O)Oc1ccncc1. The highest BCUT2D eigenvalue weighted by atomic mass is 31.2. The first-order valence-corrected chi connectivity index (χ1v) is 7.26. The van der Waals surface area contributed by atoms with Crippen molar-refractivity contribution in [3.8, 4) is 5.75 Å². The molecule has 0 bridgehead atoms. The highest BCUT2D eigenvalue weighted by Crippen LogP contribution is 2.66. The molecule has 0 saturated heterocycles. The largest absolute Gasteiger partial charge is 0.436 e. The van der Waals surface area contributed by atoms with Gasteiger partial charge >= 0.3 is 20.4 Å². The first-order valence-electron chi connectivity index (χ1n) is 4.07. The van der Waals surface area contributed by atoms with Gasteiger partial charge in [-0.2, -0.15) is 0 Å². The summed E-state index contributed by atoms with van der Waals surface area (Å²) >= 11 is 0. The summed E-state index contributed by atoms with van der Waals surface area (Å²) in [5.74, 6) is -0.219. The second-order valence-electron chi connectivity index (χ2n) is 3.03. The zero-order valence-corrected chi connectivity index (χ0v) is 10.0. The van der Waals surface area contributed by atoms with E-state index in [9.17, 15) is 19.1 Å². The molecule has 0 amide bonds. The highest BCUT2D eigenvalue weighted by molar-refractivity contribution is 7.72. The number of hydrogen-bond donors (Lipinski definition) is 5. The first kappa shape index (κ1) is 14.3. The molecule has 0 fully saturated rings. The van der Waals surface area contributed by atoms with Crippen molar-refractivity contribution in [3.05, 3.63) is 24.5 Å². The third-order valence-corrected chi connectivity index (χ3v) is 5.41. The number of rotatable bonds is 4. The van der Waals surface area contributed by atoms with Crippen LogP contribution in [-0.4, -0.2) is 30.0 Å². The molecule has 0 aliphatic carbocycles. The van der Waals surface area contributed by atoms with Crippen LogP contribution in [0.3, 0.4) is 0 Å². The van der Waals surface area contributed by atoms with Crippen molar-refractivity contribution in [2.75, 3.05) is 0 Å². The average molecular weight is 284 g/mol. The Morgan fingerprint density at radius 3 is 2.12 bits per heavy atom. The van der Waals surface area contributed by atoms with Crippen LogP contribution in [-0.2, 0) is 9.13 Å². The zero-order chi connectivity index (χ0) is 13.3. The van der Waals surface area contributed by atoms with Crippen molar-refractivity contribution in [1.82, 2.24) is 4.98 Å². The van der Waals surface area contributed by atoms with E-state index in [1.807, 2.05) is 0 Å². The van der Waals surface area contributed by atoms with Crippen LogP contribution in [0, 0.1) is 0 Å². The highest BCUT2D eigenvalue weighted by Gasteiger charge is 2.59. The zero-order valence-electron chi connectivity index (χ0n) is 8.24. The van der Waals surface area contributed by atoms with Crippen molar-refractivity contribution >= 4 is 15.2 Å². The van der Waals surface area contributed by atoms with Gasteiger partial charge in [0.2, 0.25) is 0 Å². The summed E-state index contributed by atoms with van der Waals surface area (Å²) in [6.45, 7) is 0. The molecular formula is C6H10N2O7P2. The molecule has 9 nitrogen and oxygen atoms in total. The maximum absolute atomic E-state index is 11.5. The molecule has 1 aromatic rings. The van der Waals surface area contributed by atoms with Gasteiger partial charge in [-0.3, -0.25) is 15.3 Å². The summed E-state index contributed by atoms with van der Waals surface area (Å²) in [6, 6.07) is 2.30. The van der Waals surface area contributed by atoms with Gasteiger partial charge in [-0.1, -0.05) is 0 Å². The molecular weight excluding hydrogens is 274 g/mol. The molecule has 0 saturated carbocycles. The second-order valence-corrected chi connectivity index (χ2v) is 7.05. The van der Waals surface area contributed by atoms with E-state index in [0.717, 1.165) is 12.1 Å². The van der Waals surface area contributed by atoms with Gasteiger partial charge in [0.15, 0.2) is 0 Å². The Morgan fingerprint density at radius 2 is 1.71 bits per heavy atom. The molecule has 0 aliphatic rings. The monoisotopic (exact) mass is 284 g/mol. The van der Waals surface area contributed by atoms with E-state index in [1.165, 1.54) is 12.4 Å². The number of nitrogens with two attached hydrogens (primary N) is 1. The fourth-order valence-corrected chi connectivity index (χ4v) is 2.76. The normalized spacial score (nSPS) is 19.1. The van der Waals surface area contributed by atoms with Gasteiger partial charge in [-0.05, 0) is 12.1 Å². The number of aromatic nitrogens is 1. The summed E-state index contributed by atoms with van der Waals surface area (Å²) in [5.41, 5.74) is 4.76. The standard InChI is InChI=1S/C6H10N2O7P2/c7-6(9,16(10,11)12)17(13,14)15-5-1-3-8-4-2-5/h1-4,9H,7H2,(H,13,14)(H2,10,11,12). The van der Waals surface area contributed by atoms with Gasteiger partial charge < -0.3 is 24.3 Å². The minimum atomic E-state index is -5.45. The number of pyridine rings is 1. The van der Waals surface area contributed by atoms with E-state index in [4.69, 9.17) is 15.5 Å². The van der Waals surface area contributed by atoms with Crippen molar-refractivity contribution in [3.63, 3.8) is 0 Å². The van der Waals surface area contributed by atoms with Crippen LogP contribution in [0.4, 0.5) is 0 Å². The van der Waals surface area contributed by atoms with Crippen molar-refractivity contribution < 1.29 is 33.4 Å². The fourth-order valence-electron chi connectivity index (χ4n) is 0.774. The summed E-state index contributed by atoms with van der Waals surface area (Å²) in [4.78, 5) is 30.2. The molecule has 96 valence electrons. The third-order valence-electron chi connectivity index (χ3n) is 1.72. The van der Waals surface area contributed by atoms with E-state index in [-0.39, 0.29) is 5.75 Å². The number of aliphatic hydroxyl groups is 1. The summed E-state index contributed by atoms with van der Waals surface area (Å²) in [5, 5.41) is 5.52. The van der Waals surface area contributed by atoms with Gasteiger partial charge in [0, 0.05) is 12.4 Å². The van der Waals surface area contributed by atoms with Gasteiger partial charge in [0.25, 0.3) is 0 Å². The molecule has 17 heavy (non-hydrogen) atoms. The van der Waals surface area contributed by atoms with Crippen LogP contribution >= 0.6 is 15.2 Å². The lowest BCUT2D eigenvalue weighted by atomic mass is 10.5. The average Bonchev–Trinajstić information content (AvgIpc) is 2.16. The quantitative estimate of drug-likeness (QED) is 0.358. The molecule has 6 N–H and O–H groups in total. The van der Waals surface area contributed by atoms with Crippen LogP contribution < -0.4 is 10.3 Å². The van der Waals surface area contributed by atoms with Gasteiger partial charge in [0.05, 0.1) is 0 Å². The smallest absolute Gasteiger partial charge is 0.421 e. The lowest BCUT2D eigenvalue weighted by Gasteiger charge is -2.27. The Kier molecular flexibility index (Phi) is 3.75. The summed E-state index contributed by atoms with van der Waals surface area (Å²) in [7, 11) is -10.6. The lowest BCUT2D eigenvalue weighted by molar-refractivity contribution is 0.138. The van der Waals surface area contributed by atoms with E-state index in [2.05, 4.69) is 9.51 Å². The molecule has 2 unspecified atom stereocenters. The Morgan fingerprint density at radius 1 is 1.24 bits per heavy atom. The predicted molar refractivity (Wildman–Crippen MR) is 55.9 cm³/mol. The predicted octanol–water partition coefficient (Wildman–Crippen LogP) is -0.614. The Bertz CT molecular complexity index is 484. The van der Waals surface area contributed by atoms with Gasteiger partial charge in [-0.25, -0.2) is 4.57 Å². The van der Waals surface area contributed by atoms with E-state index >= 15 is 0 Å². The number of nitrogens with zero attached hydrogens (tertiary/aromatic N) is 1. The lowest BCUT2D eigenvalue weighted by Crippen LogP contribution is -2.40. The maximum atomic E-state index is 11.5. The van der Waals surface area contributed by atoms with Crippen LogP contribution in [0.2, 0.25) is 0 Å². The Hall–Kier alpha value is -0.790. The molecule has 0 radical (unpaired) electrons. The molecule has 11 heteroatoms. The molecule has 0 aliphatic heterocycles. The molecule has 0 aromatic carbocycles. The Balaban J connectivity index is 3.05. The van der Waals surface area contributed by atoms with Crippen LogP contribution in [0.1, 0.15) is 0 Å². The van der Waals surface area contributed by atoms with Gasteiger partial charge in [0.1, 0.15) is 5.75 Å². The molecule has 1 heterocycles. The summed E-state index contributed by atoms with van der Waals surface area (Å²) < 4.78 is 26.7. The van der Waals surface area contributed by atoms with Crippen molar-refractivity contribution in [1.29, 1.82) is 0 Å². The van der Waals surface area contributed by atoms with E-state index < -0.39 is 20.4 Å².